The van der Waals surface area contributed by atoms with Crippen LogP contribution in [0.5, 0.6) is 0 Å². The standard InChI is InChI=1S/C10H14F3N3O2/c1-9(2,3)16-7(14)5(10(11,12)13)6(15-16)8(17)18-4/h14H2,1-4H3. The first-order valence-corrected chi connectivity index (χ1v) is 5.04. The first-order valence-electron chi connectivity index (χ1n) is 5.04. The van der Waals surface area contributed by atoms with Crippen molar-refractivity contribution >= 4 is 11.8 Å². The van der Waals surface area contributed by atoms with Crippen LogP contribution < -0.4 is 5.73 Å². The third-order valence-electron chi connectivity index (χ3n) is 2.22. The van der Waals surface area contributed by atoms with Gasteiger partial charge in [0, 0.05) is 0 Å². The normalized spacial score (nSPS) is 12.6. The highest BCUT2D eigenvalue weighted by atomic mass is 19.4. The van der Waals surface area contributed by atoms with Crippen molar-refractivity contribution in [2.75, 3.05) is 12.8 Å². The fourth-order valence-electron chi connectivity index (χ4n) is 1.46. The van der Waals surface area contributed by atoms with Gasteiger partial charge >= 0.3 is 12.1 Å². The summed E-state index contributed by atoms with van der Waals surface area (Å²) in [5, 5.41) is 3.62. The quantitative estimate of drug-likeness (QED) is 0.789. The van der Waals surface area contributed by atoms with Crippen molar-refractivity contribution in [1.29, 1.82) is 0 Å². The van der Waals surface area contributed by atoms with Gasteiger partial charge in [-0.3, -0.25) is 0 Å². The molecular formula is C10H14F3N3O2. The Morgan fingerprint density at radius 3 is 2.17 bits per heavy atom. The Morgan fingerprint density at radius 1 is 1.33 bits per heavy atom. The van der Waals surface area contributed by atoms with Crippen LogP contribution >= 0.6 is 0 Å². The van der Waals surface area contributed by atoms with Crippen LogP contribution in [0.2, 0.25) is 0 Å². The predicted molar refractivity (Wildman–Crippen MR) is 58.0 cm³/mol. The second-order valence-corrected chi connectivity index (χ2v) is 4.68. The molecule has 1 rings (SSSR count). The third-order valence-corrected chi connectivity index (χ3v) is 2.22. The molecule has 0 aliphatic rings. The van der Waals surface area contributed by atoms with Gasteiger partial charge in [0.2, 0.25) is 0 Å². The highest BCUT2D eigenvalue weighted by Gasteiger charge is 2.43. The van der Waals surface area contributed by atoms with E-state index in [0.29, 0.717) is 0 Å². The van der Waals surface area contributed by atoms with Crippen molar-refractivity contribution in [3.63, 3.8) is 0 Å². The van der Waals surface area contributed by atoms with Gasteiger partial charge in [0.15, 0.2) is 5.69 Å². The molecule has 5 nitrogen and oxygen atoms in total. The van der Waals surface area contributed by atoms with Gasteiger partial charge in [-0.25, -0.2) is 9.48 Å². The van der Waals surface area contributed by atoms with Gasteiger partial charge in [0.25, 0.3) is 0 Å². The Labute approximate surface area is 102 Å². The lowest BCUT2D eigenvalue weighted by molar-refractivity contribution is -0.137. The summed E-state index contributed by atoms with van der Waals surface area (Å²) in [6.45, 7) is 4.87. The van der Waals surface area contributed by atoms with E-state index in [1.54, 1.807) is 20.8 Å². The van der Waals surface area contributed by atoms with Crippen LogP contribution in [0, 0.1) is 0 Å². The summed E-state index contributed by atoms with van der Waals surface area (Å²) in [5.74, 6) is -1.77. The summed E-state index contributed by atoms with van der Waals surface area (Å²) in [5.41, 5.74) is 2.58. The zero-order valence-corrected chi connectivity index (χ0v) is 10.4. The first kappa shape index (κ1) is 14.3. The van der Waals surface area contributed by atoms with E-state index >= 15 is 0 Å². The molecule has 18 heavy (non-hydrogen) atoms. The fraction of sp³-hybridized carbons (Fsp3) is 0.600. The predicted octanol–water partition coefficient (Wildman–Crippen LogP) is 2.03. The summed E-state index contributed by atoms with van der Waals surface area (Å²) >= 11 is 0. The largest absolute Gasteiger partial charge is 0.464 e. The van der Waals surface area contributed by atoms with Crippen molar-refractivity contribution in [2.24, 2.45) is 0 Å². The lowest BCUT2D eigenvalue weighted by Gasteiger charge is -2.21. The molecule has 1 aromatic rings. The molecule has 8 heteroatoms. The molecule has 0 atom stereocenters. The second kappa shape index (κ2) is 4.18. The molecule has 0 aliphatic carbocycles. The molecule has 1 aromatic heterocycles. The monoisotopic (exact) mass is 265 g/mol. The molecule has 1 heterocycles. The van der Waals surface area contributed by atoms with Crippen LogP contribution in [0.25, 0.3) is 0 Å². The van der Waals surface area contributed by atoms with Gasteiger partial charge < -0.3 is 10.5 Å². The van der Waals surface area contributed by atoms with Crippen LogP contribution in [0.15, 0.2) is 0 Å². The number of nitrogens with two attached hydrogens (primary N) is 1. The maximum absolute atomic E-state index is 12.9. The number of halogens is 3. The Kier molecular flexibility index (Phi) is 3.33. The van der Waals surface area contributed by atoms with Crippen LogP contribution in [-0.2, 0) is 16.5 Å². The Hall–Kier alpha value is -1.73. The number of nitrogens with zero attached hydrogens (tertiary/aromatic N) is 2. The molecule has 0 aliphatic heterocycles. The number of carbonyl (C=O) groups excluding carboxylic acids is 1. The average Bonchev–Trinajstić information content (AvgIpc) is 2.53. The topological polar surface area (TPSA) is 70.1 Å². The summed E-state index contributed by atoms with van der Waals surface area (Å²) in [6.07, 6.45) is -4.77. The number of methoxy groups -OCH3 is 1. The number of nitrogen functional groups attached to an aromatic ring is 1. The van der Waals surface area contributed by atoms with E-state index in [2.05, 4.69) is 9.84 Å². The minimum atomic E-state index is -4.77. The van der Waals surface area contributed by atoms with Gasteiger partial charge in [-0.15, -0.1) is 0 Å². The van der Waals surface area contributed by atoms with Crippen LogP contribution in [-0.4, -0.2) is 22.9 Å². The fourth-order valence-corrected chi connectivity index (χ4v) is 1.46. The smallest absolute Gasteiger partial charge is 0.422 e. The molecule has 0 saturated carbocycles. The van der Waals surface area contributed by atoms with Crippen molar-refractivity contribution in [1.82, 2.24) is 9.78 Å². The van der Waals surface area contributed by atoms with E-state index in [9.17, 15) is 18.0 Å². The molecular weight excluding hydrogens is 251 g/mol. The van der Waals surface area contributed by atoms with Crippen molar-refractivity contribution in [2.45, 2.75) is 32.5 Å². The number of alkyl halides is 3. The number of hydrogen-bond donors (Lipinski definition) is 1. The number of aromatic nitrogens is 2. The molecule has 0 unspecified atom stereocenters. The summed E-state index contributed by atoms with van der Waals surface area (Å²) in [6, 6.07) is 0. The van der Waals surface area contributed by atoms with E-state index in [4.69, 9.17) is 5.73 Å². The lowest BCUT2D eigenvalue weighted by Crippen LogP contribution is -2.25. The summed E-state index contributed by atoms with van der Waals surface area (Å²) in [7, 11) is 0.981. The first-order chi connectivity index (χ1) is 8.00. The maximum atomic E-state index is 12.9. The average molecular weight is 265 g/mol. The molecule has 0 amide bonds. The van der Waals surface area contributed by atoms with Gasteiger partial charge in [-0.2, -0.15) is 18.3 Å². The van der Waals surface area contributed by atoms with E-state index < -0.39 is 34.8 Å². The second-order valence-electron chi connectivity index (χ2n) is 4.68. The van der Waals surface area contributed by atoms with Gasteiger partial charge in [0.05, 0.1) is 12.6 Å². The van der Waals surface area contributed by atoms with E-state index in [1.807, 2.05) is 0 Å². The molecule has 0 radical (unpaired) electrons. The Balaban J connectivity index is 3.57. The lowest BCUT2D eigenvalue weighted by atomic mass is 10.1. The van der Waals surface area contributed by atoms with Crippen LogP contribution in [0.1, 0.15) is 36.8 Å². The number of esters is 1. The number of anilines is 1. The maximum Gasteiger partial charge on any atom is 0.422 e. The van der Waals surface area contributed by atoms with E-state index in [1.165, 1.54) is 0 Å². The van der Waals surface area contributed by atoms with Crippen LogP contribution in [0.4, 0.5) is 19.0 Å². The minimum absolute atomic E-state index is 0.601. The molecule has 0 aromatic carbocycles. The Morgan fingerprint density at radius 2 is 1.83 bits per heavy atom. The summed E-state index contributed by atoms with van der Waals surface area (Å²) < 4.78 is 43.8. The molecule has 102 valence electrons. The molecule has 0 spiro atoms. The van der Waals surface area contributed by atoms with Crippen LogP contribution in [0.3, 0.4) is 0 Å². The zero-order chi connectivity index (χ0) is 14.3. The van der Waals surface area contributed by atoms with Crippen molar-refractivity contribution in [3.05, 3.63) is 11.3 Å². The van der Waals surface area contributed by atoms with Gasteiger partial charge in [-0.05, 0) is 20.8 Å². The zero-order valence-electron chi connectivity index (χ0n) is 10.4. The molecule has 0 saturated heterocycles. The third kappa shape index (κ3) is 2.41. The van der Waals surface area contributed by atoms with Gasteiger partial charge in [0.1, 0.15) is 11.4 Å². The van der Waals surface area contributed by atoms with Crippen molar-refractivity contribution in [3.8, 4) is 0 Å². The molecule has 2 N–H and O–H groups in total. The molecule has 0 fully saturated rings. The number of hydrogen-bond acceptors (Lipinski definition) is 4. The van der Waals surface area contributed by atoms with E-state index in [0.717, 1.165) is 11.8 Å². The SMILES string of the molecule is COC(=O)c1nn(C(C)(C)C)c(N)c1C(F)(F)F. The number of carbonyl (C=O) groups is 1. The number of rotatable bonds is 1. The Bertz CT molecular complexity index is 472. The highest BCUT2D eigenvalue weighted by Crippen LogP contribution is 2.38. The number of ether oxygens (including phenoxy) is 1. The van der Waals surface area contributed by atoms with Gasteiger partial charge in [-0.1, -0.05) is 0 Å². The summed E-state index contributed by atoms with van der Waals surface area (Å²) in [4.78, 5) is 11.3. The molecule has 0 bridgehead atoms. The highest BCUT2D eigenvalue weighted by molar-refractivity contribution is 5.90. The van der Waals surface area contributed by atoms with Crippen molar-refractivity contribution < 1.29 is 22.7 Å². The minimum Gasteiger partial charge on any atom is -0.464 e. The van der Waals surface area contributed by atoms with E-state index in [-0.39, 0.29) is 0 Å².